The van der Waals surface area contributed by atoms with Crippen molar-refractivity contribution in [2.75, 3.05) is 6.54 Å². The average Bonchev–Trinajstić information content (AvgIpc) is 2.80. The third kappa shape index (κ3) is 14.7. The first kappa shape index (κ1) is 36.3. The molecule has 36 heavy (non-hydrogen) atoms. The van der Waals surface area contributed by atoms with Gasteiger partial charge in [-0.05, 0) is 60.6 Å². The van der Waals surface area contributed by atoms with Crippen molar-refractivity contribution in [3.8, 4) is 5.75 Å². The Morgan fingerprint density at radius 1 is 1.08 bits per heavy atom. The van der Waals surface area contributed by atoms with Crippen LogP contribution in [0.1, 0.15) is 57.6 Å². The molecule has 0 bridgehead atoms. The number of phenolic OH excluding ortho intramolecular Hbond substituents is 1. The Morgan fingerprint density at radius 3 is 2.31 bits per heavy atom. The summed E-state index contributed by atoms with van der Waals surface area (Å²) in [7, 11) is 0. The van der Waals surface area contributed by atoms with Crippen LogP contribution in [0.5, 0.6) is 5.75 Å². The van der Waals surface area contributed by atoms with E-state index in [1.54, 1.807) is 24.5 Å². The van der Waals surface area contributed by atoms with Gasteiger partial charge in [-0.25, -0.2) is 0 Å². The second kappa shape index (κ2) is 20.3. The van der Waals surface area contributed by atoms with E-state index in [4.69, 9.17) is 5.73 Å². The monoisotopic (exact) mass is 560 g/mol. The summed E-state index contributed by atoms with van der Waals surface area (Å²) in [6.07, 6.45) is 12.2. The van der Waals surface area contributed by atoms with Crippen LogP contribution in [0.2, 0.25) is 0 Å². The van der Waals surface area contributed by atoms with Gasteiger partial charge in [0.15, 0.2) is 0 Å². The van der Waals surface area contributed by atoms with E-state index in [1.807, 2.05) is 24.3 Å². The summed E-state index contributed by atoms with van der Waals surface area (Å²) in [5, 5.41) is 16.2. The van der Waals surface area contributed by atoms with Crippen molar-refractivity contribution in [2.45, 2.75) is 71.0 Å². The summed E-state index contributed by atoms with van der Waals surface area (Å²) in [6.45, 7) is 6.96. The molecule has 5 N–H and O–H groups in total. The minimum Gasteiger partial charge on any atom is -0.508 e. The molecular weight excluding hydrogens is 519 g/mol. The van der Waals surface area contributed by atoms with Crippen molar-refractivity contribution in [3.05, 3.63) is 66.0 Å². The predicted molar refractivity (Wildman–Crippen MR) is 158 cm³/mol. The summed E-state index contributed by atoms with van der Waals surface area (Å²) in [6, 6.07) is 10.5. The summed E-state index contributed by atoms with van der Waals surface area (Å²) in [5.41, 5.74) is 8.23. The Labute approximate surface area is 235 Å². The minimum absolute atomic E-state index is 0. The van der Waals surface area contributed by atoms with Gasteiger partial charge in [-0.3, -0.25) is 15.1 Å². The number of hydrogen-bond acceptors (Lipinski definition) is 5. The maximum absolute atomic E-state index is 13.2. The van der Waals surface area contributed by atoms with Crippen molar-refractivity contribution in [1.29, 1.82) is 0 Å². The predicted octanol–water partition coefficient (Wildman–Crippen LogP) is 5.32. The van der Waals surface area contributed by atoms with Crippen molar-refractivity contribution < 1.29 is 9.90 Å². The van der Waals surface area contributed by atoms with E-state index in [1.165, 1.54) is 0 Å². The van der Waals surface area contributed by atoms with Gasteiger partial charge in [-0.15, -0.1) is 37.2 Å². The van der Waals surface area contributed by atoms with E-state index in [0.29, 0.717) is 18.9 Å². The number of carbonyl (C=O) groups excluding carboxylic acids is 1. The second-order valence-corrected chi connectivity index (χ2v) is 9.11. The van der Waals surface area contributed by atoms with Crippen LogP contribution in [0.25, 0.3) is 6.08 Å². The maximum Gasteiger partial charge on any atom is 0.237 e. The maximum atomic E-state index is 13.2. The zero-order chi connectivity index (χ0) is 24.1. The highest BCUT2D eigenvalue weighted by Crippen LogP contribution is 2.14. The van der Waals surface area contributed by atoms with Gasteiger partial charge in [-0.1, -0.05) is 57.9 Å². The summed E-state index contributed by atoms with van der Waals surface area (Å²) in [5.74, 6) is 0.623. The number of amides is 1. The SMILES string of the molecule is CCCC[C@H](N)CNC(=O)[C@H](Cc1ccc(O)cc1)N[C@@H](/C=C/c1ccncc1)CC(C)C.Cl.Cl.Cl. The second-order valence-electron chi connectivity index (χ2n) is 9.11. The first-order valence-corrected chi connectivity index (χ1v) is 12.0. The lowest BCUT2D eigenvalue weighted by Crippen LogP contribution is -2.51. The van der Waals surface area contributed by atoms with Crippen LogP contribution in [0, 0.1) is 5.92 Å². The number of phenols is 1. The fraction of sp³-hybridized carbons (Fsp3) is 0.481. The fourth-order valence-electron chi connectivity index (χ4n) is 3.69. The summed E-state index contributed by atoms with van der Waals surface area (Å²) < 4.78 is 0. The van der Waals surface area contributed by atoms with Crippen LogP contribution in [-0.2, 0) is 11.2 Å². The number of halogens is 3. The van der Waals surface area contributed by atoms with E-state index in [2.05, 4.69) is 48.5 Å². The lowest BCUT2D eigenvalue weighted by atomic mass is 9.99. The lowest BCUT2D eigenvalue weighted by Gasteiger charge is -2.25. The number of rotatable bonds is 14. The van der Waals surface area contributed by atoms with Crippen molar-refractivity contribution in [3.63, 3.8) is 0 Å². The van der Waals surface area contributed by atoms with Gasteiger partial charge in [0, 0.05) is 31.0 Å². The molecule has 0 saturated heterocycles. The molecule has 2 aromatic rings. The van der Waals surface area contributed by atoms with Crippen LogP contribution >= 0.6 is 37.2 Å². The van der Waals surface area contributed by atoms with E-state index in [0.717, 1.165) is 36.8 Å². The van der Waals surface area contributed by atoms with Gasteiger partial charge in [0.05, 0.1) is 6.04 Å². The Morgan fingerprint density at radius 2 is 1.72 bits per heavy atom. The molecule has 1 aromatic carbocycles. The standard InChI is InChI=1S/C27H40N4O2.3ClH/c1-4-5-6-23(28)19-30-27(33)26(18-22-8-11-25(32)12-9-22)31-24(17-20(2)3)10-7-21-13-15-29-16-14-21;;;/h7-16,20,23-24,26,31-32H,4-6,17-19,28H2,1-3H3,(H,30,33);3*1H/b10-7+;;;/t23-,24-,26-;;;/m0.../s1. The molecule has 3 atom stereocenters. The van der Waals surface area contributed by atoms with Crippen LogP contribution < -0.4 is 16.4 Å². The lowest BCUT2D eigenvalue weighted by molar-refractivity contribution is -0.123. The van der Waals surface area contributed by atoms with Gasteiger partial charge in [-0.2, -0.15) is 0 Å². The molecule has 0 aliphatic heterocycles. The summed E-state index contributed by atoms with van der Waals surface area (Å²) in [4.78, 5) is 17.2. The van der Waals surface area contributed by atoms with Crippen molar-refractivity contribution >= 4 is 49.2 Å². The Hall–Kier alpha value is -1.83. The molecule has 1 heterocycles. The third-order valence-electron chi connectivity index (χ3n) is 5.53. The molecule has 0 saturated carbocycles. The largest absolute Gasteiger partial charge is 0.508 e. The zero-order valence-electron chi connectivity index (χ0n) is 21.4. The van der Waals surface area contributed by atoms with Gasteiger partial charge in [0.1, 0.15) is 5.75 Å². The van der Waals surface area contributed by atoms with Gasteiger partial charge in [0.25, 0.3) is 0 Å². The molecule has 1 aromatic heterocycles. The molecule has 0 aliphatic rings. The molecule has 2 rings (SSSR count). The molecule has 204 valence electrons. The zero-order valence-corrected chi connectivity index (χ0v) is 23.9. The third-order valence-corrected chi connectivity index (χ3v) is 5.53. The smallest absolute Gasteiger partial charge is 0.237 e. The Kier molecular flexibility index (Phi) is 20.4. The number of nitrogens with two attached hydrogens (primary N) is 1. The highest BCUT2D eigenvalue weighted by molar-refractivity contribution is 5.86. The molecule has 0 fully saturated rings. The van der Waals surface area contributed by atoms with Crippen LogP contribution in [0.3, 0.4) is 0 Å². The van der Waals surface area contributed by atoms with Crippen LogP contribution in [0.15, 0.2) is 54.9 Å². The van der Waals surface area contributed by atoms with Gasteiger partial charge < -0.3 is 16.2 Å². The number of nitrogens with one attached hydrogen (secondary N) is 2. The first-order valence-electron chi connectivity index (χ1n) is 12.0. The summed E-state index contributed by atoms with van der Waals surface area (Å²) >= 11 is 0. The Bertz CT molecular complexity index is 852. The quantitative estimate of drug-likeness (QED) is 0.250. The van der Waals surface area contributed by atoms with E-state index in [-0.39, 0.29) is 61.0 Å². The topological polar surface area (TPSA) is 100 Å². The molecule has 0 radical (unpaired) electrons. The number of carbonyl (C=O) groups is 1. The number of unbranched alkanes of at least 4 members (excludes halogenated alkanes) is 1. The number of benzene rings is 1. The van der Waals surface area contributed by atoms with E-state index in [9.17, 15) is 9.90 Å². The van der Waals surface area contributed by atoms with E-state index >= 15 is 0 Å². The normalized spacial score (nSPS) is 13.1. The highest BCUT2D eigenvalue weighted by Gasteiger charge is 2.22. The fourth-order valence-corrected chi connectivity index (χ4v) is 3.69. The van der Waals surface area contributed by atoms with Crippen molar-refractivity contribution in [2.24, 2.45) is 11.7 Å². The highest BCUT2D eigenvalue weighted by atomic mass is 35.5. The van der Waals surface area contributed by atoms with Crippen molar-refractivity contribution in [1.82, 2.24) is 15.6 Å². The number of pyridine rings is 1. The molecule has 9 heteroatoms. The number of hydrogen-bond donors (Lipinski definition) is 4. The van der Waals surface area contributed by atoms with Crippen LogP contribution in [-0.4, -0.2) is 40.7 Å². The Balaban J connectivity index is 0. The number of aromatic nitrogens is 1. The molecule has 1 amide bonds. The molecular formula is C27H43Cl3N4O2. The molecule has 0 unspecified atom stereocenters. The van der Waals surface area contributed by atoms with E-state index < -0.39 is 6.04 Å². The van der Waals surface area contributed by atoms with Crippen LogP contribution in [0.4, 0.5) is 0 Å². The molecule has 0 spiro atoms. The van der Waals surface area contributed by atoms with Gasteiger partial charge in [0.2, 0.25) is 5.91 Å². The number of nitrogens with zero attached hydrogens (tertiary/aromatic N) is 1. The van der Waals surface area contributed by atoms with Gasteiger partial charge >= 0.3 is 0 Å². The average molecular weight is 562 g/mol. The molecule has 0 aliphatic carbocycles. The minimum atomic E-state index is -0.418. The molecule has 6 nitrogen and oxygen atoms in total. The first-order chi connectivity index (χ1) is 15.9. The number of aromatic hydroxyl groups is 1.